The van der Waals surface area contributed by atoms with E-state index in [1.807, 2.05) is 26.0 Å². The quantitative estimate of drug-likeness (QED) is 0.867. The highest BCUT2D eigenvalue weighted by Gasteiger charge is 2.27. The molecule has 1 aliphatic heterocycles. The summed E-state index contributed by atoms with van der Waals surface area (Å²) < 4.78 is 5.20. The molecule has 0 aliphatic carbocycles. The molecule has 0 fully saturated rings. The van der Waals surface area contributed by atoms with Gasteiger partial charge in [-0.1, -0.05) is 25.1 Å². The Morgan fingerprint density at radius 3 is 2.85 bits per heavy atom. The van der Waals surface area contributed by atoms with Crippen molar-refractivity contribution in [2.45, 2.75) is 32.9 Å². The molecule has 0 saturated carbocycles. The van der Waals surface area contributed by atoms with Crippen molar-refractivity contribution in [1.29, 1.82) is 0 Å². The van der Waals surface area contributed by atoms with Gasteiger partial charge in [0.15, 0.2) is 0 Å². The van der Waals surface area contributed by atoms with Gasteiger partial charge in [0.25, 0.3) is 0 Å². The van der Waals surface area contributed by atoms with Crippen LogP contribution in [-0.2, 0) is 16.1 Å². The lowest BCUT2D eigenvalue weighted by Gasteiger charge is -2.31. The minimum atomic E-state index is -0.194. The molecule has 20 heavy (non-hydrogen) atoms. The van der Waals surface area contributed by atoms with Crippen LogP contribution in [0.2, 0.25) is 0 Å². The Bertz CT molecular complexity index is 440. The highest BCUT2D eigenvalue weighted by molar-refractivity contribution is 5.85. The number of carbonyl (C=O) groups excluding carboxylic acids is 1. The standard InChI is InChI=1S/C15H22N2O2.ClH/c1-3-13(15(18)19-4-2)17-10-9-16-11-12-7-5-6-8-14(12)17;/h5-8,13,16H,3-4,9-11H2,1-2H3;1H. The number of rotatable bonds is 4. The van der Waals surface area contributed by atoms with Crippen LogP contribution >= 0.6 is 12.4 Å². The molecule has 1 heterocycles. The summed E-state index contributed by atoms with van der Waals surface area (Å²) in [6.07, 6.45) is 0.757. The van der Waals surface area contributed by atoms with Crippen LogP contribution in [-0.4, -0.2) is 31.7 Å². The van der Waals surface area contributed by atoms with Gasteiger partial charge in [-0.25, -0.2) is 4.79 Å². The van der Waals surface area contributed by atoms with E-state index in [1.54, 1.807) is 0 Å². The summed E-state index contributed by atoms with van der Waals surface area (Å²) in [5.41, 5.74) is 2.38. The third-order valence-corrected chi connectivity index (χ3v) is 3.47. The SMILES string of the molecule is CCOC(=O)C(CC)N1CCNCc2ccccc21.Cl. The number of hydrogen-bond acceptors (Lipinski definition) is 4. The highest BCUT2D eigenvalue weighted by Crippen LogP contribution is 2.25. The van der Waals surface area contributed by atoms with E-state index in [0.717, 1.165) is 31.7 Å². The predicted octanol–water partition coefficient (Wildman–Crippen LogP) is 2.36. The maximum atomic E-state index is 12.1. The van der Waals surface area contributed by atoms with Crippen LogP contribution in [0.1, 0.15) is 25.8 Å². The fourth-order valence-corrected chi connectivity index (χ4v) is 2.56. The first-order valence-corrected chi connectivity index (χ1v) is 6.99. The van der Waals surface area contributed by atoms with E-state index < -0.39 is 0 Å². The van der Waals surface area contributed by atoms with Gasteiger partial charge in [-0.3, -0.25) is 0 Å². The maximum Gasteiger partial charge on any atom is 0.328 e. The Kier molecular flexibility index (Phi) is 6.82. The molecule has 1 aromatic rings. The molecule has 0 saturated heterocycles. The van der Waals surface area contributed by atoms with Crippen molar-refractivity contribution in [2.24, 2.45) is 0 Å². The minimum Gasteiger partial charge on any atom is -0.464 e. The number of hydrogen-bond donors (Lipinski definition) is 1. The monoisotopic (exact) mass is 298 g/mol. The maximum absolute atomic E-state index is 12.1. The molecule has 0 bridgehead atoms. The van der Waals surface area contributed by atoms with Gasteiger partial charge in [-0.05, 0) is 25.0 Å². The van der Waals surface area contributed by atoms with E-state index in [9.17, 15) is 4.79 Å². The molecule has 1 aromatic carbocycles. The molecule has 1 N–H and O–H groups in total. The molecular weight excluding hydrogens is 276 g/mol. The Labute approximate surface area is 126 Å². The number of esters is 1. The largest absolute Gasteiger partial charge is 0.464 e. The number of halogens is 1. The summed E-state index contributed by atoms with van der Waals surface area (Å²) in [6.45, 7) is 6.87. The van der Waals surface area contributed by atoms with Gasteiger partial charge in [0.1, 0.15) is 6.04 Å². The first-order chi connectivity index (χ1) is 9.27. The van der Waals surface area contributed by atoms with Crippen molar-refractivity contribution in [3.63, 3.8) is 0 Å². The van der Waals surface area contributed by atoms with Crippen LogP contribution in [0.25, 0.3) is 0 Å². The van der Waals surface area contributed by atoms with Crippen molar-refractivity contribution in [3.8, 4) is 0 Å². The molecule has 0 spiro atoms. The van der Waals surface area contributed by atoms with E-state index >= 15 is 0 Å². The molecule has 1 aliphatic rings. The molecular formula is C15H23ClN2O2. The summed E-state index contributed by atoms with van der Waals surface area (Å²) in [7, 11) is 0. The fourth-order valence-electron chi connectivity index (χ4n) is 2.56. The molecule has 112 valence electrons. The Hall–Kier alpha value is -1.26. The smallest absolute Gasteiger partial charge is 0.328 e. The van der Waals surface area contributed by atoms with Gasteiger partial charge in [0.05, 0.1) is 6.61 Å². The Morgan fingerprint density at radius 2 is 2.15 bits per heavy atom. The zero-order valence-corrected chi connectivity index (χ0v) is 12.9. The number of ether oxygens (including phenoxy) is 1. The summed E-state index contributed by atoms with van der Waals surface area (Å²) in [6, 6.07) is 8.06. The molecule has 1 atom stereocenters. The normalized spacial score (nSPS) is 15.6. The van der Waals surface area contributed by atoms with E-state index in [4.69, 9.17) is 4.74 Å². The van der Waals surface area contributed by atoms with E-state index in [-0.39, 0.29) is 24.4 Å². The third-order valence-electron chi connectivity index (χ3n) is 3.47. The van der Waals surface area contributed by atoms with Crippen LogP contribution in [0, 0.1) is 0 Å². The van der Waals surface area contributed by atoms with Crippen LogP contribution < -0.4 is 10.2 Å². The average molecular weight is 299 g/mol. The number of anilines is 1. The summed E-state index contributed by atoms with van der Waals surface area (Å²) >= 11 is 0. The van der Waals surface area contributed by atoms with Crippen LogP contribution in [0.3, 0.4) is 0 Å². The van der Waals surface area contributed by atoms with E-state index in [2.05, 4.69) is 22.3 Å². The van der Waals surface area contributed by atoms with Crippen LogP contribution in [0.4, 0.5) is 5.69 Å². The first kappa shape index (κ1) is 16.8. The second-order valence-corrected chi connectivity index (χ2v) is 4.67. The average Bonchev–Trinajstić information content (AvgIpc) is 2.63. The lowest BCUT2D eigenvalue weighted by atomic mass is 10.1. The van der Waals surface area contributed by atoms with Gasteiger partial charge in [0.2, 0.25) is 0 Å². The first-order valence-electron chi connectivity index (χ1n) is 6.99. The van der Waals surface area contributed by atoms with Gasteiger partial charge in [0, 0.05) is 25.3 Å². The van der Waals surface area contributed by atoms with Crippen LogP contribution in [0.5, 0.6) is 0 Å². The van der Waals surface area contributed by atoms with Gasteiger partial charge < -0.3 is 15.0 Å². The Morgan fingerprint density at radius 1 is 1.40 bits per heavy atom. The van der Waals surface area contributed by atoms with Gasteiger partial charge in [-0.15, -0.1) is 12.4 Å². The van der Waals surface area contributed by atoms with Gasteiger partial charge in [-0.2, -0.15) is 0 Å². The third kappa shape index (κ3) is 3.64. The van der Waals surface area contributed by atoms with Crippen molar-refractivity contribution >= 4 is 24.1 Å². The molecule has 4 nitrogen and oxygen atoms in total. The highest BCUT2D eigenvalue weighted by atomic mass is 35.5. The molecule has 2 rings (SSSR count). The second-order valence-electron chi connectivity index (χ2n) is 4.67. The molecule has 0 aromatic heterocycles. The number of nitrogens with one attached hydrogen (secondary N) is 1. The molecule has 5 heteroatoms. The molecule has 1 unspecified atom stereocenters. The summed E-state index contributed by atoms with van der Waals surface area (Å²) in [5.74, 6) is -0.123. The van der Waals surface area contributed by atoms with E-state index in [1.165, 1.54) is 5.56 Å². The predicted molar refractivity (Wildman–Crippen MR) is 83.5 cm³/mol. The number of fused-ring (bicyclic) bond motifs is 1. The summed E-state index contributed by atoms with van der Waals surface area (Å²) in [5, 5.41) is 3.39. The van der Waals surface area contributed by atoms with Crippen LogP contribution in [0.15, 0.2) is 24.3 Å². The van der Waals surface area contributed by atoms with Crippen molar-refractivity contribution < 1.29 is 9.53 Å². The lowest BCUT2D eigenvalue weighted by Crippen LogP contribution is -2.44. The zero-order valence-electron chi connectivity index (χ0n) is 12.1. The summed E-state index contributed by atoms with van der Waals surface area (Å²) in [4.78, 5) is 14.3. The van der Waals surface area contributed by atoms with Gasteiger partial charge >= 0.3 is 5.97 Å². The molecule has 0 amide bonds. The fraction of sp³-hybridized carbons (Fsp3) is 0.533. The number of nitrogens with zero attached hydrogens (tertiary/aromatic N) is 1. The topological polar surface area (TPSA) is 41.6 Å². The van der Waals surface area contributed by atoms with Crippen molar-refractivity contribution in [2.75, 3.05) is 24.6 Å². The van der Waals surface area contributed by atoms with Crippen molar-refractivity contribution in [3.05, 3.63) is 29.8 Å². The molecule has 0 radical (unpaired) electrons. The second kappa shape index (κ2) is 8.12. The number of carbonyl (C=O) groups is 1. The van der Waals surface area contributed by atoms with E-state index in [0.29, 0.717) is 6.61 Å². The Balaban J connectivity index is 0.00000200. The van der Waals surface area contributed by atoms with Crippen molar-refractivity contribution in [1.82, 2.24) is 5.32 Å². The lowest BCUT2D eigenvalue weighted by molar-refractivity contribution is -0.144. The zero-order chi connectivity index (χ0) is 13.7. The minimum absolute atomic E-state index is 0. The number of benzene rings is 1. The number of para-hydroxylation sites is 1.